The van der Waals surface area contributed by atoms with Crippen molar-refractivity contribution in [3.8, 4) is 17.0 Å². The number of aromatic hydroxyl groups is 1. The van der Waals surface area contributed by atoms with Gasteiger partial charge in [0.05, 0.1) is 11.3 Å². The molecule has 7 nitrogen and oxygen atoms in total. The van der Waals surface area contributed by atoms with Crippen molar-refractivity contribution in [1.29, 1.82) is 0 Å². The Labute approximate surface area is 159 Å². The molecule has 0 spiro atoms. The minimum atomic E-state index is -4.54. The summed E-state index contributed by atoms with van der Waals surface area (Å²) in [6.45, 7) is 3.76. The number of nitrogens with zero attached hydrogens (tertiary/aromatic N) is 3. The molecule has 0 unspecified atom stereocenters. The van der Waals surface area contributed by atoms with Crippen LogP contribution < -0.4 is 10.6 Å². The Morgan fingerprint density at radius 3 is 2.57 bits per heavy atom. The number of nitrogens with one attached hydrogen (secondary N) is 2. The average molecular weight is 395 g/mol. The number of hydrogen-bond acceptors (Lipinski definition) is 6. The van der Waals surface area contributed by atoms with Crippen LogP contribution in [0, 0.1) is 12.8 Å². The van der Waals surface area contributed by atoms with Gasteiger partial charge in [-0.1, -0.05) is 0 Å². The molecule has 1 aromatic heterocycles. The van der Waals surface area contributed by atoms with E-state index in [1.54, 1.807) is 6.92 Å². The number of hydrogen-bond donors (Lipinski definition) is 3. The Kier molecular flexibility index (Phi) is 5.39. The third-order valence-electron chi connectivity index (χ3n) is 4.63. The molecule has 0 bridgehead atoms. The van der Waals surface area contributed by atoms with E-state index in [1.165, 1.54) is 6.92 Å². The predicted octanol–water partition coefficient (Wildman–Crippen LogP) is 2.90. The fraction of sp³-hybridized carbons (Fsp3) is 0.444. The molecule has 0 atom stereocenters. The highest BCUT2D eigenvalue weighted by atomic mass is 19.4. The van der Waals surface area contributed by atoms with E-state index in [0.717, 1.165) is 25.0 Å². The lowest BCUT2D eigenvalue weighted by atomic mass is 9.80. The maximum Gasteiger partial charge on any atom is 0.416 e. The van der Waals surface area contributed by atoms with Gasteiger partial charge in [-0.25, -0.2) is 4.98 Å². The lowest BCUT2D eigenvalue weighted by molar-refractivity contribution is -0.137. The topological polar surface area (TPSA) is 100 Å². The maximum absolute atomic E-state index is 12.7. The van der Waals surface area contributed by atoms with Crippen LogP contribution in [0.5, 0.6) is 5.75 Å². The number of anilines is 1. The first-order valence-electron chi connectivity index (χ1n) is 8.76. The second-order valence-electron chi connectivity index (χ2n) is 6.91. The molecule has 1 aliphatic rings. The number of carbonyl (C=O) groups is 1. The molecule has 1 saturated carbocycles. The fourth-order valence-corrected chi connectivity index (χ4v) is 3.18. The third kappa shape index (κ3) is 4.49. The average Bonchev–Trinajstić information content (AvgIpc) is 2.56. The molecule has 0 radical (unpaired) electrons. The summed E-state index contributed by atoms with van der Waals surface area (Å²) in [6, 6.07) is 2.89. The van der Waals surface area contributed by atoms with Crippen LogP contribution in [-0.4, -0.2) is 38.8 Å². The highest BCUT2D eigenvalue weighted by molar-refractivity contribution is 5.73. The summed E-state index contributed by atoms with van der Waals surface area (Å²) in [5, 5.41) is 23.8. The van der Waals surface area contributed by atoms with Gasteiger partial charge in [0, 0.05) is 25.1 Å². The summed E-state index contributed by atoms with van der Waals surface area (Å²) < 4.78 is 38.2. The summed E-state index contributed by atoms with van der Waals surface area (Å²) in [6.07, 6.45) is -2.80. The monoisotopic (exact) mass is 395 g/mol. The van der Waals surface area contributed by atoms with E-state index in [1.807, 2.05) is 0 Å². The summed E-state index contributed by atoms with van der Waals surface area (Å²) >= 11 is 0. The van der Waals surface area contributed by atoms with Gasteiger partial charge in [-0.05, 0) is 43.9 Å². The van der Waals surface area contributed by atoms with Crippen molar-refractivity contribution in [3.63, 3.8) is 0 Å². The fourth-order valence-electron chi connectivity index (χ4n) is 3.18. The third-order valence-corrected chi connectivity index (χ3v) is 4.63. The van der Waals surface area contributed by atoms with Gasteiger partial charge >= 0.3 is 6.18 Å². The Balaban J connectivity index is 1.64. The second-order valence-corrected chi connectivity index (χ2v) is 6.91. The maximum atomic E-state index is 12.7. The summed E-state index contributed by atoms with van der Waals surface area (Å²) in [5.74, 6) is 0.116. The number of carbonyl (C=O) groups excluding carboxylic acids is 1. The van der Waals surface area contributed by atoms with Crippen LogP contribution in [0.3, 0.4) is 0 Å². The van der Waals surface area contributed by atoms with Crippen LogP contribution in [0.25, 0.3) is 11.3 Å². The van der Waals surface area contributed by atoms with E-state index in [2.05, 4.69) is 25.8 Å². The molecule has 1 aliphatic carbocycles. The molecule has 28 heavy (non-hydrogen) atoms. The molecule has 1 heterocycles. The van der Waals surface area contributed by atoms with E-state index in [0.29, 0.717) is 30.2 Å². The van der Waals surface area contributed by atoms with Gasteiger partial charge in [0.25, 0.3) is 0 Å². The normalized spacial score (nSPS) is 19.0. The Bertz CT molecular complexity index is 882. The zero-order chi connectivity index (χ0) is 20.5. The SMILES string of the molecule is CC(=O)NC1CC(CNc2nnc(-c3ccc(C(F)(F)F)cc3O)c(C)n2)C1. The predicted molar refractivity (Wildman–Crippen MR) is 95.5 cm³/mol. The second kappa shape index (κ2) is 7.61. The van der Waals surface area contributed by atoms with E-state index in [9.17, 15) is 23.1 Å². The first kappa shape index (κ1) is 19.8. The summed E-state index contributed by atoms with van der Waals surface area (Å²) in [7, 11) is 0. The van der Waals surface area contributed by atoms with E-state index < -0.39 is 17.5 Å². The van der Waals surface area contributed by atoms with Crippen molar-refractivity contribution in [3.05, 3.63) is 29.5 Å². The van der Waals surface area contributed by atoms with Crippen LogP contribution in [0.1, 0.15) is 31.0 Å². The number of alkyl halides is 3. The van der Waals surface area contributed by atoms with Gasteiger partial charge < -0.3 is 15.7 Å². The molecule has 0 aliphatic heterocycles. The molecule has 1 aromatic carbocycles. The van der Waals surface area contributed by atoms with Crippen molar-refractivity contribution in [2.75, 3.05) is 11.9 Å². The standard InChI is InChI=1S/C18H20F3N5O2/c1-9-16(14-4-3-12(7-15(14)28)18(19,20)21)25-26-17(23-9)22-8-11-5-13(6-11)24-10(2)27/h3-4,7,11,13,28H,5-6,8H2,1-2H3,(H,24,27)(H,22,23,26). The van der Waals surface area contributed by atoms with Gasteiger partial charge in [0.2, 0.25) is 11.9 Å². The smallest absolute Gasteiger partial charge is 0.416 e. The lowest BCUT2D eigenvalue weighted by Gasteiger charge is -2.35. The number of aromatic nitrogens is 3. The van der Waals surface area contributed by atoms with Gasteiger partial charge in [-0.3, -0.25) is 4.79 Å². The van der Waals surface area contributed by atoms with E-state index in [-0.39, 0.29) is 23.2 Å². The van der Waals surface area contributed by atoms with E-state index >= 15 is 0 Å². The van der Waals surface area contributed by atoms with Crippen molar-refractivity contribution in [1.82, 2.24) is 20.5 Å². The first-order valence-corrected chi connectivity index (χ1v) is 8.76. The first-order chi connectivity index (χ1) is 13.1. The highest BCUT2D eigenvalue weighted by Crippen LogP contribution is 2.36. The zero-order valence-electron chi connectivity index (χ0n) is 15.3. The molecule has 3 rings (SSSR count). The zero-order valence-corrected chi connectivity index (χ0v) is 15.3. The number of phenols is 1. The molecule has 0 saturated heterocycles. The Morgan fingerprint density at radius 1 is 1.29 bits per heavy atom. The number of benzene rings is 1. The Hall–Kier alpha value is -2.91. The van der Waals surface area contributed by atoms with Crippen molar-refractivity contribution in [2.45, 2.75) is 38.9 Å². The van der Waals surface area contributed by atoms with Crippen molar-refractivity contribution in [2.24, 2.45) is 5.92 Å². The van der Waals surface area contributed by atoms with Crippen LogP contribution in [0.4, 0.5) is 19.1 Å². The number of rotatable bonds is 5. The highest BCUT2D eigenvalue weighted by Gasteiger charge is 2.32. The number of halogens is 3. The minimum Gasteiger partial charge on any atom is -0.507 e. The van der Waals surface area contributed by atoms with Gasteiger partial charge in [0.1, 0.15) is 11.4 Å². The van der Waals surface area contributed by atoms with Gasteiger partial charge in [-0.2, -0.15) is 13.2 Å². The van der Waals surface area contributed by atoms with Crippen LogP contribution >= 0.6 is 0 Å². The van der Waals surface area contributed by atoms with Gasteiger partial charge in [-0.15, -0.1) is 10.2 Å². The summed E-state index contributed by atoms with van der Waals surface area (Å²) in [4.78, 5) is 15.3. The number of phenolic OH excluding ortho intramolecular Hbond substituents is 1. The lowest BCUT2D eigenvalue weighted by Crippen LogP contribution is -2.45. The van der Waals surface area contributed by atoms with E-state index in [4.69, 9.17) is 0 Å². The molecular weight excluding hydrogens is 375 g/mol. The molecule has 10 heteroatoms. The number of aryl methyl sites for hydroxylation is 1. The van der Waals surface area contributed by atoms with Crippen LogP contribution in [-0.2, 0) is 11.0 Å². The summed E-state index contributed by atoms with van der Waals surface area (Å²) in [5.41, 5.74) is -0.165. The van der Waals surface area contributed by atoms with Gasteiger partial charge in [0.15, 0.2) is 0 Å². The largest absolute Gasteiger partial charge is 0.507 e. The number of amides is 1. The molecule has 1 fully saturated rings. The van der Waals surface area contributed by atoms with Crippen molar-refractivity contribution >= 4 is 11.9 Å². The molecular formula is C18H20F3N5O2. The molecule has 1 amide bonds. The Morgan fingerprint density at radius 2 is 2.00 bits per heavy atom. The molecule has 3 N–H and O–H groups in total. The molecule has 2 aromatic rings. The minimum absolute atomic E-state index is 0.0401. The molecule has 150 valence electrons. The van der Waals surface area contributed by atoms with Crippen molar-refractivity contribution < 1.29 is 23.1 Å². The quantitative estimate of drug-likeness (QED) is 0.720. The van der Waals surface area contributed by atoms with Crippen LogP contribution in [0.15, 0.2) is 18.2 Å². The van der Waals surface area contributed by atoms with Crippen LogP contribution in [0.2, 0.25) is 0 Å².